The third-order valence-corrected chi connectivity index (χ3v) is 2.84. The van der Waals surface area contributed by atoms with Crippen molar-refractivity contribution < 1.29 is 23.1 Å². The summed E-state index contributed by atoms with van der Waals surface area (Å²) in [5, 5.41) is 9.58. The molecule has 1 aromatic carbocycles. The summed E-state index contributed by atoms with van der Waals surface area (Å²) in [4.78, 5) is 11.7. The number of rotatable bonds is 3. The molecule has 0 bridgehead atoms. The lowest BCUT2D eigenvalue weighted by Crippen LogP contribution is -2.25. The smallest absolute Gasteiger partial charge is 0.385 e. The fourth-order valence-corrected chi connectivity index (χ4v) is 1.73. The quantitative estimate of drug-likeness (QED) is 0.830. The van der Waals surface area contributed by atoms with E-state index < -0.39 is 29.2 Å². The Labute approximate surface area is 96.1 Å². The van der Waals surface area contributed by atoms with Crippen molar-refractivity contribution in [2.45, 2.75) is 25.1 Å². The number of alkyl halides is 3. The molecule has 0 spiro atoms. The summed E-state index contributed by atoms with van der Waals surface area (Å²) in [6, 6.07) is 4.55. The second-order valence-corrected chi connectivity index (χ2v) is 4.19. The van der Waals surface area contributed by atoms with Crippen LogP contribution in [-0.2, 0) is 6.18 Å². The van der Waals surface area contributed by atoms with E-state index in [1.807, 2.05) is 0 Å². The van der Waals surface area contributed by atoms with Gasteiger partial charge in [-0.1, -0.05) is 18.2 Å². The Morgan fingerprint density at radius 3 is 2.41 bits per heavy atom. The maximum Gasteiger partial charge on any atom is 0.417 e. The van der Waals surface area contributed by atoms with Crippen LogP contribution in [0, 0.1) is 5.92 Å². The number of hydrogen-bond donors (Lipinski definition) is 1. The molecule has 1 aromatic rings. The molecule has 0 saturated heterocycles. The van der Waals surface area contributed by atoms with Crippen LogP contribution in [0.25, 0.3) is 0 Å². The van der Waals surface area contributed by atoms with Gasteiger partial charge in [0.2, 0.25) is 0 Å². The molecule has 0 amide bonds. The van der Waals surface area contributed by atoms with Crippen molar-refractivity contribution in [3.63, 3.8) is 0 Å². The summed E-state index contributed by atoms with van der Waals surface area (Å²) < 4.78 is 38.0. The van der Waals surface area contributed by atoms with E-state index in [4.69, 9.17) is 0 Å². The van der Waals surface area contributed by atoms with Crippen LogP contribution in [0.3, 0.4) is 0 Å². The Kier molecular flexibility index (Phi) is 2.95. The predicted molar refractivity (Wildman–Crippen MR) is 54.5 cm³/mol. The Balaban J connectivity index is 2.34. The molecule has 17 heavy (non-hydrogen) atoms. The van der Waals surface area contributed by atoms with Gasteiger partial charge in [-0.15, -0.1) is 0 Å². The van der Waals surface area contributed by atoms with Crippen LogP contribution in [0.2, 0.25) is 0 Å². The number of ketones is 1. The summed E-state index contributed by atoms with van der Waals surface area (Å²) in [5.41, 5.74) is -1.43. The third-order valence-electron chi connectivity index (χ3n) is 2.84. The highest BCUT2D eigenvalue weighted by molar-refractivity contribution is 6.01. The maximum absolute atomic E-state index is 12.7. The molecule has 1 aliphatic carbocycles. The zero-order valence-electron chi connectivity index (χ0n) is 8.87. The van der Waals surface area contributed by atoms with Crippen molar-refractivity contribution in [2.24, 2.45) is 5.92 Å². The highest BCUT2D eigenvalue weighted by atomic mass is 19.4. The van der Waals surface area contributed by atoms with Gasteiger partial charge in [-0.3, -0.25) is 4.79 Å². The molecule has 1 unspecified atom stereocenters. The van der Waals surface area contributed by atoms with Crippen LogP contribution < -0.4 is 0 Å². The van der Waals surface area contributed by atoms with E-state index in [0.717, 1.165) is 12.1 Å². The van der Waals surface area contributed by atoms with Gasteiger partial charge in [-0.2, -0.15) is 13.2 Å². The second kappa shape index (κ2) is 4.14. The zero-order chi connectivity index (χ0) is 12.6. The molecule has 0 heterocycles. The monoisotopic (exact) mass is 244 g/mol. The first-order valence-electron chi connectivity index (χ1n) is 5.30. The van der Waals surface area contributed by atoms with Crippen molar-refractivity contribution >= 4 is 5.78 Å². The average Bonchev–Trinajstić information content (AvgIpc) is 3.10. The van der Waals surface area contributed by atoms with Gasteiger partial charge in [0.05, 0.1) is 5.56 Å². The number of aliphatic hydroxyl groups is 1. The highest BCUT2D eigenvalue weighted by Crippen LogP contribution is 2.37. The average molecular weight is 244 g/mol. The van der Waals surface area contributed by atoms with E-state index in [9.17, 15) is 23.1 Å². The summed E-state index contributed by atoms with van der Waals surface area (Å²) in [5.74, 6) is -1.01. The molecule has 0 aromatic heterocycles. The summed E-state index contributed by atoms with van der Waals surface area (Å²) in [7, 11) is 0. The van der Waals surface area contributed by atoms with Gasteiger partial charge in [0.25, 0.3) is 0 Å². The minimum Gasteiger partial charge on any atom is -0.385 e. The fraction of sp³-hybridized carbons (Fsp3) is 0.417. The summed E-state index contributed by atoms with van der Waals surface area (Å²) >= 11 is 0. The molecular weight excluding hydrogens is 233 g/mol. The first-order valence-corrected chi connectivity index (χ1v) is 5.30. The number of benzene rings is 1. The van der Waals surface area contributed by atoms with Gasteiger partial charge >= 0.3 is 6.18 Å². The number of aliphatic hydroxyl groups excluding tert-OH is 1. The van der Waals surface area contributed by atoms with Crippen LogP contribution in [0.5, 0.6) is 0 Å². The van der Waals surface area contributed by atoms with Crippen molar-refractivity contribution in [1.29, 1.82) is 0 Å². The Morgan fingerprint density at radius 2 is 1.88 bits per heavy atom. The molecule has 1 N–H and O–H groups in total. The molecule has 0 radical (unpaired) electrons. The van der Waals surface area contributed by atoms with Crippen molar-refractivity contribution in [1.82, 2.24) is 0 Å². The van der Waals surface area contributed by atoms with Gasteiger partial charge in [-0.05, 0) is 24.8 Å². The lowest BCUT2D eigenvalue weighted by molar-refractivity contribution is -0.138. The minimum absolute atomic E-state index is 0.177. The van der Waals surface area contributed by atoms with Gasteiger partial charge in [-0.25, -0.2) is 0 Å². The number of carbonyl (C=O) groups excluding carboxylic acids is 1. The lowest BCUT2D eigenvalue weighted by Gasteiger charge is -2.14. The van der Waals surface area contributed by atoms with Crippen LogP contribution >= 0.6 is 0 Å². The molecule has 2 rings (SSSR count). The largest absolute Gasteiger partial charge is 0.417 e. The van der Waals surface area contributed by atoms with Crippen LogP contribution in [0.1, 0.15) is 28.8 Å². The number of Topliss-reactive ketones (excluding diaryl/α,β-unsaturated/α-hetero) is 1. The first-order chi connectivity index (χ1) is 7.91. The van der Waals surface area contributed by atoms with Gasteiger partial charge in [0, 0.05) is 5.56 Å². The number of carbonyl (C=O) groups is 1. The van der Waals surface area contributed by atoms with E-state index in [-0.39, 0.29) is 5.92 Å². The van der Waals surface area contributed by atoms with Gasteiger partial charge < -0.3 is 5.11 Å². The number of halogens is 3. The predicted octanol–water partition coefficient (Wildman–Crippen LogP) is 2.66. The third kappa shape index (κ3) is 2.49. The SMILES string of the molecule is O=C(c1ccccc1C(F)(F)F)C(O)C1CC1. The Morgan fingerprint density at radius 1 is 1.29 bits per heavy atom. The van der Waals surface area contributed by atoms with E-state index >= 15 is 0 Å². The topological polar surface area (TPSA) is 37.3 Å². The van der Waals surface area contributed by atoms with Crippen LogP contribution in [0.4, 0.5) is 13.2 Å². The number of hydrogen-bond acceptors (Lipinski definition) is 2. The molecule has 1 aliphatic rings. The molecule has 5 heteroatoms. The molecule has 1 saturated carbocycles. The van der Waals surface area contributed by atoms with Gasteiger partial charge in [0.1, 0.15) is 6.10 Å². The van der Waals surface area contributed by atoms with E-state index in [1.54, 1.807) is 0 Å². The standard InChI is InChI=1S/C12H11F3O2/c13-12(14,15)9-4-2-1-3-8(9)11(17)10(16)7-5-6-7/h1-4,7,10,16H,5-6H2. The molecule has 1 atom stereocenters. The van der Waals surface area contributed by atoms with E-state index in [1.165, 1.54) is 12.1 Å². The molecule has 92 valence electrons. The minimum atomic E-state index is -4.57. The normalized spacial score (nSPS) is 17.9. The van der Waals surface area contributed by atoms with Crippen LogP contribution in [-0.4, -0.2) is 17.0 Å². The Hall–Kier alpha value is -1.36. The Bertz CT molecular complexity index is 436. The molecule has 2 nitrogen and oxygen atoms in total. The maximum atomic E-state index is 12.7. The first kappa shape index (κ1) is 12.1. The lowest BCUT2D eigenvalue weighted by atomic mass is 9.98. The van der Waals surface area contributed by atoms with Crippen LogP contribution in [0.15, 0.2) is 24.3 Å². The van der Waals surface area contributed by atoms with Gasteiger partial charge in [0.15, 0.2) is 5.78 Å². The van der Waals surface area contributed by atoms with E-state index in [2.05, 4.69) is 0 Å². The zero-order valence-corrected chi connectivity index (χ0v) is 8.87. The fourth-order valence-electron chi connectivity index (χ4n) is 1.73. The van der Waals surface area contributed by atoms with Crippen molar-refractivity contribution in [2.75, 3.05) is 0 Å². The van der Waals surface area contributed by atoms with Crippen molar-refractivity contribution in [3.8, 4) is 0 Å². The highest BCUT2D eigenvalue weighted by Gasteiger charge is 2.40. The van der Waals surface area contributed by atoms with Crippen molar-refractivity contribution in [3.05, 3.63) is 35.4 Å². The second-order valence-electron chi connectivity index (χ2n) is 4.19. The van der Waals surface area contributed by atoms with E-state index in [0.29, 0.717) is 12.8 Å². The molecule has 1 fully saturated rings. The summed E-state index contributed by atoms with van der Waals surface area (Å²) in [6.45, 7) is 0. The molecule has 0 aliphatic heterocycles. The summed E-state index contributed by atoms with van der Waals surface area (Å²) in [6.07, 6.45) is -4.49. The molecular formula is C12H11F3O2.